The molecule has 4 rings (SSSR count). The summed E-state index contributed by atoms with van der Waals surface area (Å²) in [6, 6.07) is 0. The third-order valence-corrected chi connectivity index (χ3v) is 4.97. The van der Waals surface area contributed by atoms with Gasteiger partial charge in [0, 0.05) is 26.4 Å². The van der Waals surface area contributed by atoms with Crippen LogP contribution in [0.5, 0.6) is 0 Å². The number of ether oxygens (including phenoxy) is 10. The normalized spacial score (nSPS) is 23.6. The van der Waals surface area contributed by atoms with E-state index < -0.39 is 22.0 Å². The zero-order chi connectivity index (χ0) is 26.6. The molecule has 1 N–H and O–H groups in total. The van der Waals surface area contributed by atoms with Crippen molar-refractivity contribution in [3.8, 4) is 0 Å². The fraction of sp³-hybridized carbons (Fsp3) is 0.909. The second-order valence-electron chi connectivity index (χ2n) is 8.32. The van der Waals surface area contributed by atoms with Crippen LogP contribution in [0.3, 0.4) is 0 Å². The topological polar surface area (TPSA) is 170 Å². The van der Waals surface area contributed by atoms with Crippen molar-refractivity contribution >= 4 is 22.0 Å². The van der Waals surface area contributed by atoms with Crippen LogP contribution in [0.25, 0.3) is 0 Å². The molecular formula is C22H37BrLiO14Si-. The quantitative estimate of drug-likeness (QED) is 0.0651. The van der Waals surface area contributed by atoms with E-state index in [9.17, 15) is 9.59 Å². The Morgan fingerprint density at radius 3 is 1.15 bits per heavy atom. The van der Waals surface area contributed by atoms with E-state index in [1.807, 2.05) is 0 Å². The molecule has 0 radical (unpaired) electrons. The molecule has 4 fully saturated rings. The number of epoxide rings is 2. The van der Waals surface area contributed by atoms with Crippen LogP contribution in [0, 0.1) is 0 Å². The van der Waals surface area contributed by atoms with Crippen molar-refractivity contribution in [3.63, 3.8) is 0 Å². The molecule has 0 amide bonds. The van der Waals surface area contributed by atoms with Crippen molar-refractivity contribution in [2.24, 2.45) is 0 Å². The number of unbranched alkanes of at least 4 members (excludes halogenated alkanes) is 2. The summed E-state index contributed by atoms with van der Waals surface area (Å²) < 4.78 is 58.9. The molecule has 39 heavy (non-hydrogen) atoms. The van der Waals surface area contributed by atoms with E-state index in [0.29, 0.717) is 38.6 Å². The predicted molar refractivity (Wildman–Crippen MR) is 122 cm³/mol. The average Bonchev–Trinajstić information content (AvgIpc) is 3.80. The predicted octanol–water partition coefficient (Wildman–Crippen LogP) is -5.58. The van der Waals surface area contributed by atoms with E-state index >= 15 is 0 Å². The third-order valence-electron chi connectivity index (χ3n) is 4.97. The smallest absolute Gasteiger partial charge is 1.00 e. The first-order valence-electron chi connectivity index (χ1n) is 12.3. The van der Waals surface area contributed by atoms with E-state index in [0.717, 1.165) is 65.3 Å². The van der Waals surface area contributed by atoms with Gasteiger partial charge in [0.05, 0.1) is 49.3 Å². The average molecular weight is 640 g/mol. The minimum Gasteiger partial charge on any atom is -1.00 e. The van der Waals surface area contributed by atoms with Crippen molar-refractivity contribution in [1.29, 1.82) is 0 Å². The molecule has 14 nitrogen and oxygen atoms in total. The second-order valence-corrected chi connectivity index (χ2v) is 8.50. The monoisotopic (exact) mass is 639 g/mol. The number of carbonyl (C=O) groups is 2. The van der Waals surface area contributed by atoms with E-state index in [1.165, 1.54) is 0 Å². The first-order chi connectivity index (χ1) is 18.1. The first kappa shape index (κ1) is 38.2. The summed E-state index contributed by atoms with van der Waals surface area (Å²) in [5.41, 5.74) is 0. The van der Waals surface area contributed by atoms with Crippen molar-refractivity contribution in [2.45, 2.75) is 50.1 Å². The number of carbonyl (C=O) groups excluding carboxylic acids is 2. The van der Waals surface area contributed by atoms with Crippen molar-refractivity contribution < 1.29 is 102 Å². The fourth-order valence-corrected chi connectivity index (χ4v) is 2.90. The Hall–Kier alpha value is -0.806. The van der Waals surface area contributed by atoms with Crippen molar-refractivity contribution in [1.82, 2.24) is 0 Å². The van der Waals surface area contributed by atoms with E-state index in [-0.39, 0.29) is 61.3 Å². The van der Waals surface area contributed by atoms with Gasteiger partial charge in [0.1, 0.15) is 25.4 Å². The molecule has 4 aliphatic heterocycles. The Balaban J connectivity index is 0.000000669. The van der Waals surface area contributed by atoms with Gasteiger partial charge >= 0.3 is 31.2 Å². The Labute approximate surface area is 252 Å². The summed E-state index contributed by atoms with van der Waals surface area (Å²) in [6.07, 6.45) is 2.72. The molecule has 4 heterocycles. The molecule has 4 saturated heterocycles. The Bertz CT molecular complexity index is 594. The van der Waals surface area contributed by atoms with Crippen molar-refractivity contribution in [3.05, 3.63) is 0 Å². The first-order valence-corrected chi connectivity index (χ1v) is 13.2. The zero-order valence-electron chi connectivity index (χ0n) is 22.3. The van der Waals surface area contributed by atoms with Crippen LogP contribution < -0.4 is 35.8 Å². The zero-order valence-corrected chi connectivity index (χ0v) is 24.8. The van der Waals surface area contributed by atoms with Gasteiger partial charge in [-0.3, -0.25) is 0 Å². The number of hydrogen-bond donors (Lipinski definition) is 1. The maximum atomic E-state index is 10.6. The largest absolute Gasteiger partial charge is 1.00 e. The number of cyclic esters (lactones) is 4. The Kier molecular flexibility index (Phi) is 24.4. The van der Waals surface area contributed by atoms with Gasteiger partial charge in [-0.15, -0.1) is 0 Å². The molecule has 4 aliphatic rings. The molecule has 17 heteroatoms. The molecule has 0 aliphatic carbocycles. The van der Waals surface area contributed by atoms with Crippen molar-refractivity contribution in [2.75, 3.05) is 79.3 Å². The van der Waals surface area contributed by atoms with Gasteiger partial charge in [-0.05, 0) is 25.7 Å². The molecule has 4 unspecified atom stereocenters. The van der Waals surface area contributed by atoms with Crippen LogP contribution in [0.4, 0.5) is 9.59 Å². The molecule has 0 aromatic rings. The van der Waals surface area contributed by atoms with Gasteiger partial charge in [-0.25, -0.2) is 9.59 Å². The van der Waals surface area contributed by atoms with E-state index in [1.54, 1.807) is 0 Å². The number of halogens is 1. The maximum absolute atomic E-state index is 10.6. The summed E-state index contributed by atoms with van der Waals surface area (Å²) in [5, 5.41) is 0. The molecule has 222 valence electrons. The second kappa shape index (κ2) is 24.9. The van der Waals surface area contributed by atoms with Crippen LogP contribution in [-0.4, -0.2) is 130 Å². The van der Waals surface area contributed by atoms with Crippen LogP contribution in [-0.2, 0) is 51.8 Å². The van der Waals surface area contributed by atoms with Gasteiger partial charge < -0.3 is 73.6 Å². The number of rotatable bonds is 18. The Morgan fingerprint density at radius 1 is 0.641 bits per heavy atom. The molecule has 0 saturated carbocycles. The SMILES string of the molecule is C(CCOCC1CO1)COCC1CO1.O=C1OCC(COCCCCOCC2COC(=O)O2)O1.O=[Si-]O.[Br-].[Li+]. The minimum absolute atomic E-state index is 0. The Morgan fingerprint density at radius 2 is 0.923 bits per heavy atom. The molecule has 4 atom stereocenters. The minimum atomic E-state index is -1.17. The molecular weight excluding hydrogens is 603 g/mol. The van der Waals surface area contributed by atoms with Gasteiger partial charge in [0.2, 0.25) is 0 Å². The van der Waals surface area contributed by atoms with Crippen LogP contribution >= 0.6 is 0 Å². The summed E-state index contributed by atoms with van der Waals surface area (Å²) in [4.78, 5) is 28.3. The van der Waals surface area contributed by atoms with Crippen LogP contribution in [0.15, 0.2) is 0 Å². The third kappa shape index (κ3) is 22.6. The molecule has 0 spiro atoms. The fourth-order valence-electron chi connectivity index (χ4n) is 2.90. The van der Waals surface area contributed by atoms with E-state index in [4.69, 9.17) is 47.2 Å². The maximum Gasteiger partial charge on any atom is 1.00 e. The summed E-state index contributed by atoms with van der Waals surface area (Å²) in [7, 11) is -1.17. The molecule has 0 aromatic carbocycles. The molecule has 0 bridgehead atoms. The molecule has 0 aromatic heterocycles. The van der Waals surface area contributed by atoms with Gasteiger partial charge in [0.25, 0.3) is 0 Å². The van der Waals surface area contributed by atoms with E-state index in [2.05, 4.69) is 9.47 Å². The van der Waals surface area contributed by atoms with Gasteiger partial charge in [-0.1, -0.05) is 0 Å². The van der Waals surface area contributed by atoms with Crippen LogP contribution in [0.2, 0.25) is 0 Å². The van der Waals surface area contributed by atoms with Gasteiger partial charge in [-0.2, -0.15) is 0 Å². The summed E-state index contributed by atoms with van der Waals surface area (Å²) >= 11 is 0. The van der Waals surface area contributed by atoms with Gasteiger partial charge in [0.15, 0.2) is 12.2 Å². The van der Waals surface area contributed by atoms with Crippen LogP contribution in [0.1, 0.15) is 25.7 Å². The summed E-state index contributed by atoms with van der Waals surface area (Å²) in [6.45, 7) is 7.27. The summed E-state index contributed by atoms with van der Waals surface area (Å²) in [5.74, 6) is 0. The standard InChI is InChI=1S/C12H18O8.C10H18O4.BrH.Li.HO2Si/c13-11-17-7-9(19-11)5-15-3-1-2-4-16-6-10-8-18-12(14)20-10;1(3-11-5-9-7-13-9)2-4-12-6-10-8-14-10;;;1-3-2/h9-10H,1-8H2;9-10H,1-8H2;1H;;1H/q;;;+1;-1/p-1. The number of hydrogen-bond acceptors (Lipinski definition) is 13.